The predicted molar refractivity (Wildman–Crippen MR) is 430 cm³/mol. The molecule has 0 bridgehead atoms. The van der Waals surface area contributed by atoms with Gasteiger partial charge in [0.25, 0.3) is 0 Å². The maximum atomic E-state index is 9.38. The molecule has 3 heterocycles. The average molecular weight is 1370 g/mol. The van der Waals surface area contributed by atoms with Gasteiger partial charge in [-0.25, -0.2) is 0 Å². The normalized spacial score (nSPS) is 11.7. The third-order valence-electron chi connectivity index (χ3n) is 16.7. The zero-order valence-corrected chi connectivity index (χ0v) is 67.7. The number of ether oxygens (including phenoxy) is 3. The zero-order chi connectivity index (χ0) is 74.7. The maximum Gasteiger partial charge on any atom is 0.203 e. The molecule has 0 amide bonds. The molecule has 98 heavy (non-hydrogen) atoms. The van der Waals surface area contributed by atoms with Crippen LogP contribution in [0.5, 0.6) is 34.5 Å². The van der Waals surface area contributed by atoms with Crippen LogP contribution in [0.15, 0.2) is 168 Å². The van der Waals surface area contributed by atoms with Gasteiger partial charge in [0.15, 0.2) is 11.5 Å². The second kappa shape index (κ2) is 35.5. The van der Waals surface area contributed by atoms with Crippen molar-refractivity contribution in [2.75, 3.05) is 21.3 Å². The van der Waals surface area contributed by atoms with Crippen LogP contribution in [-0.4, -0.2) is 41.6 Å². The standard InChI is InChI=1S/C13H20O3.C12H15N.C12H18O.C12H14S.C12H18.2C10H14O.C8H12S/c1-13(2,3)9-7-10(14-4)12(16-6)11(8-9)15-5;1-12(2,3)10-4-5-11-9(8-10)6-7-13-11;1-8-6-10(13)7-9(2)11(8)12(3,4)5;1-12(2,3)10-8-13-11-7-5-4-6-9(10)11;1-9-6-7-11(8-10(9)2)12(3,4)5;1-10(2,3)8-4-6-9(11)7-5-8;1-10(2,3)8-5-4-6-9(11)7-8;1-8(2,3)7-4-5-9-6-7/h7-8H,1-6H3;4-8,13H,1-3H3;6-7,13H,1-5H3;4-8H,1-3H3;6-8H,1-5H3;2*4-7,11H,1-3H3;4-6H,1-3H3. The molecule has 534 valence electrons. The fourth-order valence-corrected chi connectivity index (χ4v) is 12.6. The Labute approximate surface area is 602 Å². The summed E-state index contributed by atoms with van der Waals surface area (Å²) in [6.07, 6.45) is 1.98. The topological polar surface area (TPSA) is 104 Å². The van der Waals surface area contributed by atoms with E-state index in [1.54, 1.807) is 56.9 Å². The molecule has 10 rings (SSSR count). The van der Waals surface area contributed by atoms with Crippen molar-refractivity contribution in [1.29, 1.82) is 0 Å². The van der Waals surface area contributed by atoms with E-state index in [2.05, 4.69) is 274 Å². The number of aryl methyl sites for hydroxylation is 4. The molecular weight excluding hydrogens is 1240 g/mol. The number of nitrogens with one attached hydrogen (secondary N) is 1. The highest BCUT2D eigenvalue weighted by molar-refractivity contribution is 7.17. The smallest absolute Gasteiger partial charge is 0.203 e. The summed E-state index contributed by atoms with van der Waals surface area (Å²) in [4.78, 5) is 3.20. The van der Waals surface area contributed by atoms with E-state index in [1.165, 1.54) is 76.6 Å². The number of methoxy groups -OCH3 is 3. The van der Waals surface area contributed by atoms with E-state index in [0.717, 1.165) is 11.1 Å². The van der Waals surface area contributed by atoms with Crippen molar-refractivity contribution in [2.24, 2.45) is 0 Å². The van der Waals surface area contributed by atoms with Crippen molar-refractivity contribution >= 4 is 43.7 Å². The van der Waals surface area contributed by atoms with Gasteiger partial charge >= 0.3 is 0 Å². The van der Waals surface area contributed by atoms with Gasteiger partial charge in [-0.3, -0.25) is 0 Å². The lowest BCUT2D eigenvalue weighted by Gasteiger charge is -2.24. The van der Waals surface area contributed by atoms with E-state index in [0.29, 0.717) is 39.9 Å². The van der Waals surface area contributed by atoms with E-state index in [1.807, 2.05) is 79.9 Å². The van der Waals surface area contributed by atoms with Crippen LogP contribution < -0.4 is 14.2 Å². The van der Waals surface area contributed by atoms with Crippen LogP contribution in [0.1, 0.15) is 233 Å². The van der Waals surface area contributed by atoms with Gasteiger partial charge in [-0.05, 0) is 244 Å². The van der Waals surface area contributed by atoms with Crippen LogP contribution in [-0.2, 0) is 43.3 Å². The lowest BCUT2D eigenvalue weighted by Crippen LogP contribution is -2.14. The van der Waals surface area contributed by atoms with Crippen LogP contribution in [0, 0.1) is 27.7 Å². The molecule has 0 unspecified atom stereocenters. The fourth-order valence-electron chi connectivity index (χ4n) is 10.5. The summed E-state index contributed by atoms with van der Waals surface area (Å²) in [7, 11) is 4.87. The first kappa shape index (κ1) is 84.8. The number of aromatic nitrogens is 1. The molecule has 0 saturated heterocycles. The van der Waals surface area contributed by atoms with E-state index in [4.69, 9.17) is 19.3 Å². The summed E-state index contributed by atoms with van der Waals surface area (Å²) in [5.41, 5.74) is 18.6. The quantitative estimate of drug-likeness (QED) is 0.141. The summed E-state index contributed by atoms with van der Waals surface area (Å²) in [5, 5.41) is 36.9. The number of rotatable bonds is 3. The summed E-state index contributed by atoms with van der Waals surface area (Å²) in [6, 6.07) is 48.6. The minimum Gasteiger partial charge on any atom is -0.508 e. The molecule has 0 spiro atoms. The molecule has 7 aromatic carbocycles. The molecule has 0 aliphatic carbocycles. The molecule has 7 nitrogen and oxygen atoms in total. The van der Waals surface area contributed by atoms with Crippen LogP contribution in [0.3, 0.4) is 0 Å². The van der Waals surface area contributed by atoms with Gasteiger partial charge in [0.1, 0.15) is 17.2 Å². The molecule has 10 aromatic rings. The number of aromatic amines is 1. The number of hydrogen-bond acceptors (Lipinski definition) is 8. The van der Waals surface area contributed by atoms with Crippen molar-refractivity contribution in [3.63, 3.8) is 0 Å². The van der Waals surface area contributed by atoms with E-state index in [-0.39, 0.29) is 37.9 Å². The fraction of sp³-hybridized carbons (Fsp3) is 0.438. The van der Waals surface area contributed by atoms with Crippen molar-refractivity contribution in [3.8, 4) is 34.5 Å². The molecule has 0 aliphatic heterocycles. The van der Waals surface area contributed by atoms with Gasteiger partial charge in [0, 0.05) is 16.4 Å². The predicted octanol–water partition coefficient (Wildman–Crippen LogP) is 26.0. The summed E-state index contributed by atoms with van der Waals surface area (Å²) < 4.78 is 17.3. The van der Waals surface area contributed by atoms with Crippen molar-refractivity contribution in [2.45, 2.75) is 237 Å². The second-order valence-corrected chi connectivity index (χ2v) is 35.4. The number of aromatic hydroxyl groups is 3. The highest BCUT2D eigenvalue weighted by Gasteiger charge is 2.23. The molecule has 0 atom stereocenters. The maximum absolute atomic E-state index is 9.38. The third kappa shape index (κ3) is 27.3. The Hall–Kier alpha value is -7.46. The van der Waals surface area contributed by atoms with E-state index >= 15 is 0 Å². The first-order valence-electron chi connectivity index (χ1n) is 34.3. The zero-order valence-electron chi connectivity index (χ0n) is 66.0. The van der Waals surface area contributed by atoms with Crippen LogP contribution in [0.4, 0.5) is 0 Å². The number of fused-ring (bicyclic) bond motifs is 2. The third-order valence-corrected chi connectivity index (χ3v) is 18.4. The Morgan fingerprint density at radius 1 is 0.347 bits per heavy atom. The number of phenols is 3. The Bertz CT molecular complexity index is 3960. The summed E-state index contributed by atoms with van der Waals surface area (Å²) >= 11 is 3.61. The number of thiophene rings is 2. The largest absolute Gasteiger partial charge is 0.508 e. The lowest BCUT2D eigenvalue weighted by molar-refractivity contribution is 0.322. The Morgan fingerprint density at radius 2 is 0.827 bits per heavy atom. The van der Waals surface area contributed by atoms with Gasteiger partial charge in [0.2, 0.25) is 5.75 Å². The molecule has 3 aromatic heterocycles. The number of benzene rings is 7. The van der Waals surface area contributed by atoms with Crippen LogP contribution in [0.2, 0.25) is 0 Å². The molecule has 0 saturated carbocycles. The molecule has 0 fully saturated rings. The highest BCUT2D eigenvalue weighted by Crippen LogP contribution is 2.42. The number of hydrogen-bond donors (Lipinski definition) is 4. The molecule has 9 heteroatoms. The Kier molecular flexibility index (Phi) is 30.7. The molecular formula is C89H125NO6S2. The van der Waals surface area contributed by atoms with Crippen molar-refractivity contribution < 1.29 is 29.5 Å². The number of H-pyrrole nitrogens is 1. The van der Waals surface area contributed by atoms with Gasteiger partial charge in [-0.1, -0.05) is 233 Å². The monoisotopic (exact) mass is 1370 g/mol. The van der Waals surface area contributed by atoms with Crippen molar-refractivity contribution in [3.05, 3.63) is 235 Å². The van der Waals surface area contributed by atoms with Crippen LogP contribution in [0.25, 0.3) is 21.0 Å². The van der Waals surface area contributed by atoms with E-state index < -0.39 is 0 Å². The molecule has 4 N–H and O–H groups in total. The van der Waals surface area contributed by atoms with Crippen molar-refractivity contribution in [1.82, 2.24) is 4.98 Å². The van der Waals surface area contributed by atoms with Gasteiger partial charge in [-0.15, -0.1) is 11.3 Å². The van der Waals surface area contributed by atoms with Gasteiger partial charge in [0.05, 0.1) is 21.3 Å². The molecule has 0 radical (unpaired) electrons. The second-order valence-electron chi connectivity index (χ2n) is 33.7. The SMILES string of the molecule is CC(C)(C)c1ccc(O)cc1.CC(C)(C)c1ccc2[nH]ccc2c1.CC(C)(C)c1cccc(O)c1.CC(C)(C)c1ccsc1.CC(C)(C)c1csc2ccccc12.COc1cc(C(C)(C)C)cc(OC)c1OC.Cc1cc(O)cc(C)c1C(C)(C)C.Cc1ccc(C(C)(C)C)cc1C. The summed E-state index contributed by atoms with van der Waals surface area (Å²) in [5.74, 6) is 3.08. The van der Waals surface area contributed by atoms with Gasteiger partial charge in [-0.2, -0.15) is 11.3 Å². The first-order chi connectivity index (χ1) is 44.9. The number of phenolic OH excluding ortho intramolecular Hbond substituents is 3. The van der Waals surface area contributed by atoms with Crippen LogP contribution >= 0.6 is 22.7 Å². The lowest BCUT2D eigenvalue weighted by atomic mass is 9.81. The van der Waals surface area contributed by atoms with Gasteiger partial charge < -0.3 is 34.5 Å². The Morgan fingerprint density at radius 3 is 1.24 bits per heavy atom. The van der Waals surface area contributed by atoms with E-state index in [9.17, 15) is 10.2 Å². The minimum absolute atomic E-state index is 0.0484. The highest BCUT2D eigenvalue weighted by atomic mass is 32.1. The summed E-state index contributed by atoms with van der Waals surface area (Å²) in [6.45, 7) is 61.2. The molecule has 0 aliphatic rings. The average Bonchev–Trinajstić information content (AvgIpc) is 1.42. The Balaban J connectivity index is 0.000000293. The first-order valence-corrected chi connectivity index (χ1v) is 36.1. The minimum atomic E-state index is 0.0484.